The number of benzene rings is 1. The summed E-state index contributed by atoms with van der Waals surface area (Å²) in [5.74, 6) is 1.57. The first-order valence-electron chi connectivity index (χ1n) is 9.54. The molecule has 1 unspecified atom stereocenters. The number of nitrogen functional groups attached to an aromatic ring is 1. The maximum absolute atomic E-state index is 13.0. The first-order valence-corrected chi connectivity index (χ1v) is 10.9. The van der Waals surface area contributed by atoms with Crippen LogP contribution in [0.15, 0.2) is 30.3 Å². The number of morpholine rings is 1. The van der Waals surface area contributed by atoms with Crippen LogP contribution >= 0.6 is 0 Å². The molecule has 7 heteroatoms. The molecule has 1 aliphatic carbocycles. The van der Waals surface area contributed by atoms with Gasteiger partial charge >= 0.3 is 0 Å². The molecule has 0 bridgehead atoms. The summed E-state index contributed by atoms with van der Waals surface area (Å²) in [5.41, 5.74) is 8.39. The molecule has 4 rings (SSSR count). The SMILES string of the molecule is CC(C)[SH+](=O)C1(c2cc(N3CCOCC3)nc(-c3ccc(N)cc3)n2)CC1. The molecule has 0 spiro atoms. The van der Waals surface area contributed by atoms with E-state index in [1.54, 1.807) is 0 Å². The van der Waals surface area contributed by atoms with Gasteiger partial charge in [0.2, 0.25) is 0 Å². The lowest BCUT2D eigenvalue weighted by atomic mass is 10.1. The highest BCUT2D eigenvalue weighted by molar-refractivity contribution is 7.86. The second kappa shape index (κ2) is 7.20. The van der Waals surface area contributed by atoms with E-state index in [1.165, 1.54) is 0 Å². The molecular formula is C20H27N4O2S+. The number of thiol groups is 1. The molecule has 27 heavy (non-hydrogen) atoms. The zero-order chi connectivity index (χ0) is 19.0. The minimum Gasteiger partial charge on any atom is -0.399 e. The summed E-state index contributed by atoms with van der Waals surface area (Å²) < 4.78 is 18.2. The Balaban J connectivity index is 1.79. The number of anilines is 2. The summed E-state index contributed by atoms with van der Waals surface area (Å²) in [5, 5.41) is 0.143. The highest BCUT2D eigenvalue weighted by atomic mass is 32.2. The zero-order valence-corrected chi connectivity index (χ0v) is 16.8. The van der Waals surface area contributed by atoms with Crippen molar-refractivity contribution in [1.82, 2.24) is 9.97 Å². The van der Waals surface area contributed by atoms with Crippen LogP contribution in [0.5, 0.6) is 0 Å². The summed E-state index contributed by atoms with van der Waals surface area (Å²) in [7, 11) is -1.37. The van der Waals surface area contributed by atoms with Crippen molar-refractivity contribution in [2.45, 2.75) is 36.7 Å². The summed E-state index contributed by atoms with van der Waals surface area (Å²) in [6.07, 6.45) is 1.86. The second-order valence-corrected chi connectivity index (χ2v) is 10.1. The van der Waals surface area contributed by atoms with Gasteiger partial charge in [0.25, 0.3) is 0 Å². The molecule has 2 aromatic rings. The van der Waals surface area contributed by atoms with Crippen LogP contribution in [-0.4, -0.2) is 41.5 Å². The van der Waals surface area contributed by atoms with Crippen LogP contribution < -0.4 is 10.6 Å². The molecule has 6 nitrogen and oxygen atoms in total. The molecule has 0 radical (unpaired) electrons. The van der Waals surface area contributed by atoms with Gasteiger partial charge in [-0.15, -0.1) is 4.21 Å². The van der Waals surface area contributed by atoms with E-state index in [0.29, 0.717) is 24.7 Å². The normalized spacial score (nSPS) is 19.9. The molecule has 1 aromatic carbocycles. The summed E-state index contributed by atoms with van der Waals surface area (Å²) in [4.78, 5) is 11.9. The van der Waals surface area contributed by atoms with Gasteiger partial charge in [0, 0.05) is 43.2 Å². The lowest BCUT2D eigenvalue weighted by molar-refractivity contribution is 0.122. The Hall–Kier alpha value is -1.99. The van der Waals surface area contributed by atoms with Gasteiger partial charge in [0.15, 0.2) is 10.6 Å². The minimum absolute atomic E-state index is 0.143. The molecule has 1 atom stereocenters. The van der Waals surface area contributed by atoms with Crippen LogP contribution in [0.3, 0.4) is 0 Å². The van der Waals surface area contributed by atoms with Crippen molar-refractivity contribution >= 4 is 22.3 Å². The van der Waals surface area contributed by atoms with E-state index in [-0.39, 0.29) is 10.00 Å². The maximum atomic E-state index is 13.0. The molecular weight excluding hydrogens is 360 g/mol. The van der Waals surface area contributed by atoms with Gasteiger partial charge in [-0.2, -0.15) is 0 Å². The van der Waals surface area contributed by atoms with Gasteiger partial charge in [-0.1, -0.05) is 0 Å². The number of aromatic nitrogens is 2. The Labute approximate surface area is 162 Å². The zero-order valence-electron chi connectivity index (χ0n) is 15.9. The average molecular weight is 388 g/mol. The number of nitrogens with two attached hydrogens (primary N) is 1. The van der Waals surface area contributed by atoms with Crippen molar-refractivity contribution in [3.63, 3.8) is 0 Å². The Kier molecular flexibility index (Phi) is 4.90. The fraction of sp³-hybridized carbons (Fsp3) is 0.500. The Morgan fingerprint density at radius 2 is 1.81 bits per heavy atom. The van der Waals surface area contributed by atoms with Gasteiger partial charge in [0.1, 0.15) is 16.8 Å². The molecule has 2 heterocycles. The molecule has 2 fully saturated rings. The lowest BCUT2D eigenvalue weighted by Crippen LogP contribution is -2.37. The molecule has 144 valence electrons. The third-order valence-corrected chi connectivity index (χ3v) is 7.77. The van der Waals surface area contributed by atoms with E-state index in [0.717, 1.165) is 43.0 Å². The highest BCUT2D eigenvalue weighted by Gasteiger charge is 2.58. The summed E-state index contributed by atoms with van der Waals surface area (Å²) in [6, 6.07) is 9.66. The number of rotatable bonds is 5. The first-order chi connectivity index (χ1) is 13.0. The lowest BCUT2D eigenvalue weighted by Gasteiger charge is -2.28. The number of hydrogen-bond acceptors (Lipinski definition) is 6. The Morgan fingerprint density at radius 3 is 2.41 bits per heavy atom. The fourth-order valence-corrected chi connectivity index (χ4v) is 5.47. The molecule has 2 N–H and O–H groups in total. The van der Waals surface area contributed by atoms with Crippen molar-refractivity contribution in [3.05, 3.63) is 36.0 Å². The van der Waals surface area contributed by atoms with Crippen molar-refractivity contribution in [2.75, 3.05) is 36.9 Å². The third kappa shape index (κ3) is 3.58. The molecule has 2 aliphatic rings. The molecule has 1 saturated heterocycles. The average Bonchev–Trinajstić information content (AvgIpc) is 3.50. The third-order valence-electron chi connectivity index (χ3n) is 5.31. The van der Waals surface area contributed by atoms with E-state index < -0.39 is 10.8 Å². The van der Waals surface area contributed by atoms with Crippen molar-refractivity contribution in [2.24, 2.45) is 0 Å². The van der Waals surface area contributed by atoms with Gasteiger partial charge in [0.05, 0.1) is 24.0 Å². The fourth-order valence-electron chi connectivity index (χ4n) is 3.59. The highest BCUT2D eigenvalue weighted by Crippen LogP contribution is 2.52. The van der Waals surface area contributed by atoms with Gasteiger partial charge < -0.3 is 15.4 Å². The van der Waals surface area contributed by atoms with Crippen molar-refractivity contribution in [1.29, 1.82) is 0 Å². The largest absolute Gasteiger partial charge is 0.399 e. The topological polar surface area (TPSA) is 81.3 Å². The van der Waals surface area contributed by atoms with Crippen molar-refractivity contribution in [3.8, 4) is 11.4 Å². The minimum atomic E-state index is -1.37. The summed E-state index contributed by atoms with van der Waals surface area (Å²) in [6.45, 7) is 7.07. The van der Waals surface area contributed by atoms with E-state index >= 15 is 0 Å². The standard InChI is InChI=1S/C20H26N4O2S/c1-14(2)27(25)20(7-8-20)17-13-18(24-9-11-26-12-10-24)23-19(22-17)15-3-5-16(21)6-4-15/h3-6,13-14H,7-12,21H2,1-2H3/p+1. The number of nitrogens with zero attached hydrogens (tertiary/aromatic N) is 3. The van der Waals surface area contributed by atoms with Crippen molar-refractivity contribution < 1.29 is 8.95 Å². The van der Waals surface area contributed by atoms with Crippen LogP contribution in [-0.2, 0) is 24.5 Å². The predicted octanol–water partition coefficient (Wildman–Crippen LogP) is 2.66. The maximum Gasteiger partial charge on any atom is 0.172 e. The van der Waals surface area contributed by atoms with Crippen LogP contribution in [0.1, 0.15) is 32.4 Å². The van der Waals surface area contributed by atoms with Crippen LogP contribution in [0.2, 0.25) is 0 Å². The molecule has 1 aliphatic heterocycles. The van der Waals surface area contributed by atoms with Crippen LogP contribution in [0.25, 0.3) is 11.4 Å². The number of ether oxygens (including phenoxy) is 1. The molecule has 0 amide bonds. The van der Waals surface area contributed by atoms with E-state index in [4.69, 9.17) is 20.4 Å². The Bertz CT molecular complexity index is 844. The van der Waals surface area contributed by atoms with Gasteiger partial charge in [-0.05, 0) is 38.1 Å². The molecule has 1 saturated carbocycles. The van der Waals surface area contributed by atoms with Gasteiger partial charge in [-0.3, -0.25) is 0 Å². The first kappa shape index (κ1) is 18.4. The summed E-state index contributed by atoms with van der Waals surface area (Å²) >= 11 is 0. The predicted molar refractivity (Wildman–Crippen MR) is 110 cm³/mol. The van der Waals surface area contributed by atoms with Crippen LogP contribution in [0.4, 0.5) is 11.5 Å². The second-order valence-electron chi connectivity index (χ2n) is 7.61. The number of hydrogen-bond donors (Lipinski definition) is 1. The van der Waals surface area contributed by atoms with E-state index in [1.807, 2.05) is 38.1 Å². The van der Waals surface area contributed by atoms with E-state index in [9.17, 15) is 4.21 Å². The van der Waals surface area contributed by atoms with E-state index in [2.05, 4.69) is 11.0 Å². The smallest absolute Gasteiger partial charge is 0.172 e. The quantitative estimate of drug-likeness (QED) is 0.483. The Morgan fingerprint density at radius 1 is 1.15 bits per heavy atom. The monoisotopic (exact) mass is 387 g/mol. The van der Waals surface area contributed by atoms with Crippen LogP contribution in [0, 0.1) is 0 Å². The van der Waals surface area contributed by atoms with Gasteiger partial charge in [-0.25, -0.2) is 9.97 Å². The molecule has 1 aromatic heterocycles.